The molecule has 1 amide bonds. The molecule has 0 aliphatic carbocycles. The van der Waals surface area contributed by atoms with Gasteiger partial charge in [-0.1, -0.05) is 0 Å². The Morgan fingerprint density at radius 1 is 1.50 bits per heavy atom. The van der Waals surface area contributed by atoms with Gasteiger partial charge in [0.05, 0.1) is 6.67 Å². The zero-order chi connectivity index (χ0) is 9.40. The molecule has 70 valence electrons. The molecule has 0 aromatic heterocycles. The highest BCUT2D eigenvalue weighted by Gasteiger charge is 2.08. The van der Waals surface area contributed by atoms with Crippen LogP contribution in [0, 0.1) is 0 Å². The Hall–Kier alpha value is -1.14. The van der Waals surface area contributed by atoms with Gasteiger partial charge in [-0.25, -0.2) is 0 Å². The van der Waals surface area contributed by atoms with E-state index in [0.717, 1.165) is 0 Å². The molecule has 0 saturated carbocycles. The largest absolute Gasteiger partial charge is 0.438 e. The van der Waals surface area contributed by atoms with Gasteiger partial charge in [0.1, 0.15) is 6.42 Å². The minimum absolute atomic E-state index is 0.297. The van der Waals surface area contributed by atoms with Crippen LogP contribution in [0.3, 0.4) is 0 Å². The molecular formula is C6H12N2O4. The fourth-order valence-corrected chi connectivity index (χ4v) is 0.504. The SMILES string of the molecule is CNCNC(=O)CC(=O)OCO. The third kappa shape index (κ3) is 5.63. The van der Waals surface area contributed by atoms with Crippen LogP contribution in [0.25, 0.3) is 0 Å². The van der Waals surface area contributed by atoms with E-state index in [9.17, 15) is 9.59 Å². The van der Waals surface area contributed by atoms with Gasteiger partial charge in [0.2, 0.25) is 5.91 Å². The van der Waals surface area contributed by atoms with Crippen molar-refractivity contribution >= 4 is 11.9 Å². The van der Waals surface area contributed by atoms with Crippen molar-refractivity contribution in [1.82, 2.24) is 10.6 Å². The summed E-state index contributed by atoms with van der Waals surface area (Å²) < 4.78 is 4.13. The summed E-state index contributed by atoms with van der Waals surface area (Å²) in [6, 6.07) is 0. The minimum Gasteiger partial charge on any atom is -0.438 e. The molecule has 0 heterocycles. The van der Waals surface area contributed by atoms with Gasteiger partial charge in [0.25, 0.3) is 0 Å². The molecule has 0 aliphatic rings. The third-order valence-electron chi connectivity index (χ3n) is 0.993. The van der Waals surface area contributed by atoms with Gasteiger partial charge in [0, 0.05) is 0 Å². The van der Waals surface area contributed by atoms with E-state index in [1.807, 2.05) is 0 Å². The number of carbonyl (C=O) groups is 2. The van der Waals surface area contributed by atoms with E-state index in [-0.39, 0.29) is 6.42 Å². The Balaban J connectivity index is 3.47. The summed E-state index contributed by atoms with van der Waals surface area (Å²) in [4.78, 5) is 21.3. The lowest BCUT2D eigenvalue weighted by Crippen LogP contribution is -2.33. The number of esters is 1. The van der Waals surface area contributed by atoms with Crippen LogP contribution in [0.15, 0.2) is 0 Å². The van der Waals surface area contributed by atoms with Crippen LogP contribution >= 0.6 is 0 Å². The second-order valence-electron chi connectivity index (χ2n) is 1.95. The van der Waals surface area contributed by atoms with Crippen LogP contribution in [-0.2, 0) is 14.3 Å². The van der Waals surface area contributed by atoms with E-state index in [2.05, 4.69) is 15.4 Å². The molecule has 0 spiro atoms. The summed E-state index contributed by atoms with van der Waals surface area (Å²) in [6.07, 6.45) is -0.373. The van der Waals surface area contributed by atoms with E-state index in [0.29, 0.717) is 6.67 Å². The number of ether oxygens (including phenoxy) is 1. The number of amides is 1. The van der Waals surface area contributed by atoms with Crippen molar-refractivity contribution in [1.29, 1.82) is 0 Å². The number of carbonyl (C=O) groups excluding carboxylic acids is 2. The molecule has 0 aliphatic heterocycles. The van der Waals surface area contributed by atoms with Gasteiger partial charge in [-0.15, -0.1) is 0 Å². The number of aliphatic hydroxyl groups excluding tert-OH is 1. The normalized spacial score (nSPS) is 9.17. The van der Waals surface area contributed by atoms with Gasteiger partial charge in [-0.3, -0.25) is 9.59 Å². The molecule has 0 radical (unpaired) electrons. The van der Waals surface area contributed by atoms with Gasteiger partial charge in [-0.2, -0.15) is 0 Å². The average molecular weight is 176 g/mol. The predicted octanol–water partition coefficient (Wildman–Crippen LogP) is -1.84. The lowest BCUT2D eigenvalue weighted by Gasteiger charge is -2.02. The number of nitrogens with one attached hydrogen (secondary N) is 2. The molecule has 12 heavy (non-hydrogen) atoms. The van der Waals surface area contributed by atoms with Crippen molar-refractivity contribution in [3.63, 3.8) is 0 Å². The molecule has 6 nitrogen and oxygen atoms in total. The average Bonchev–Trinajstić information content (AvgIpc) is 2.01. The number of aliphatic hydroxyl groups is 1. The van der Waals surface area contributed by atoms with Gasteiger partial charge < -0.3 is 20.5 Å². The Morgan fingerprint density at radius 3 is 2.67 bits per heavy atom. The molecule has 0 aromatic carbocycles. The quantitative estimate of drug-likeness (QED) is 0.260. The molecule has 0 atom stereocenters. The first-order valence-corrected chi connectivity index (χ1v) is 3.38. The summed E-state index contributed by atoms with van der Waals surface area (Å²) in [5, 5.41) is 13.2. The van der Waals surface area contributed by atoms with Crippen LogP contribution in [0.1, 0.15) is 6.42 Å². The lowest BCUT2D eigenvalue weighted by atomic mass is 10.4. The Morgan fingerprint density at radius 2 is 2.17 bits per heavy atom. The first kappa shape index (κ1) is 10.9. The van der Waals surface area contributed by atoms with E-state index in [1.165, 1.54) is 0 Å². The van der Waals surface area contributed by atoms with E-state index in [4.69, 9.17) is 5.11 Å². The smallest absolute Gasteiger partial charge is 0.317 e. The summed E-state index contributed by atoms with van der Waals surface area (Å²) in [7, 11) is 1.66. The first-order valence-electron chi connectivity index (χ1n) is 3.38. The van der Waals surface area contributed by atoms with Crippen molar-refractivity contribution in [2.45, 2.75) is 6.42 Å². The topological polar surface area (TPSA) is 87.7 Å². The highest BCUT2D eigenvalue weighted by atomic mass is 16.6. The Labute approximate surface area is 69.9 Å². The van der Waals surface area contributed by atoms with E-state index < -0.39 is 18.7 Å². The summed E-state index contributed by atoms with van der Waals surface area (Å²) in [6.45, 7) is -0.399. The summed E-state index contributed by atoms with van der Waals surface area (Å²) >= 11 is 0. The minimum atomic E-state index is -0.744. The fraction of sp³-hybridized carbons (Fsp3) is 0.667. The van der Waals surface area contributed by atoms with Crippen molar-refractivity contribution in [3.8, 4) is 0 Å². The molecule has 0 aromatic rings. The number of hydrogen-bond donors (Lipinski definition) is 3. The van der Waals surface area contributed by atoms with Crippen molar-refractivity contribution in [2.24, 2.45) is 0 Å². The molecular weight excluding hydrogens is 164 g/mol. The second-order valence-corrected chi connectivity index (χ2v) is 1.95. The highest BCUT2D eigenvalue weighted by Crippen LogP contribution is 1.84. The van der Waals surface area contributed by atoms with Crippen molar-refractivity contribution in [2.75, 3.05) is 20.5 Å². The molecule has 0 unspecified atom stereocenters. The van der Waals surface area contributed by atoms with E-state index in [1.54, 1.807) is 7.05 Å². The zero-order valence-electron chi connectivity index (χ0n) is 6.79. The van der Waals surface area contributed by atoms with Crippen LogP contribution in [0.4, 0.5) is 0 Å². The summed E-state index contributed by atoms with van der Waals surface area (Å²) in [5.41, 5.74) is 0. The number of hydrogen-bond acceptors (Lipinski definition) is 5. The second kappa shape index (κ2) is 6.56. The van der Waals surface area contributed by atoms with Gasteiger partial charge >= 0.3 is 5.97 Å². The standard InChI is InChI=1S/C6H12N2O4/c1-7-3-8-5(10)2-6(11)12-4-9/h7,9H,2-4H2,1H3,(H,8,10). The van der Waals surface area contributed by atoms with Crippen LogP contribution < -0.4 is 10.6 Å². The molecule has 0 bridgehead atoms. The lowest BCUT2D eigenvalue weighted by molar-refractivity contribution is -0.153. The van der Waals surface area contributed by atoms with Crippen LogP contribution in [0.5, 0.6) is 0 Å². The van der Waals surface area contributed by atoms with E-state index >= 15 is 0 Å². The number of rotatable bonds is 5. The Kier molecular flexibility index (Phi) is 5.94. The molecule has 0 saturated heterocycles. The maximum atomic E-state index is 10.8. The zero-order valence-corrected chi connectivity index (χ0v) is 6.79. The third-order valence-corrected chi connectivity index (χ3v) is 0.993. The Bertz CT molecular complexity index is 160. The summed E-state index contributed by atoms with van der Waals surface area (Å²) in [5.74, 6) is -1.19. The monoisotopic (exact) mass is 176 g/mol. The van der Waals surface area contributed by atoms with Crippen molar-refractivity contribution < 1.29 is 19.4 Å². The molecule has 0 rings (SSSR count). The van der Waals surface area contributed by atoms with Gasteiger partial charge in [0.15, 0.2) is 6.79 Å². The van der Waals surface area contributed by atoms with Crippen molar-refractivity contribution in [3.05, 3.63) is 0 Å². The first-order chi connectivity index (χ1) is 5.70. The maximum absolute atomic E-state index is 10.8. The van der Waals surface area contributed by atoms with Crippen LogP contribution in [0.2, 0.25) is 0 Å². The fourth-order valence-electron chi connectivity index (χ4n) is 0.504. The molecule has 3 N–H and O–H groups in total. The molecule has 0 fully saturated rings. The highest BCUT2D eigenvalue weighted by molar-refractivity contribution is 5.94. The van der Waals surface area contributed by atoms with Crippen LogP contribution in [-0.4, -0.2) is 37.5 Å². The predicted molar refractivity (Wildman–Crippen MR) is 39.9 cm³/mol. The maximum Gasteiger partial charge on any atom is 0.317 e. The van der Waals surface area contributed by atoms with Gasteiger partial charge in [-0.05, 0) is 7.05 Å². The molecule has 6 heteroatoms.